The fourth-order valence-corrected chi connectivity index (χ4v) is 2.41. The fraction of sp³-hybridized carbons (Fsp3) is 0.933. The van der Waals surface area contributed by atoms with Gasteiger partial charge in [0.1, 0.15) is 12.2 Å². The van der Waals surface area contributed by atoms with Gasteiger partial charge in [-0.05, 0) is 20.3 Å². The first-order valence-electron chi connectivity index (χ1n) is 7.94. The summed E-state index contributed by atoms with van der Waals surface area (Å²) in [6.45, 7) is 8.94. The van der Waals surface area contributed by atoms with Crippen LogP contribution < -0.4 is 5.73 Å². The van der Waals surface area contributed by atoms with E-state index in [1.54, 1.807) is 0 Å². The Kier molecular flexibility index (Phi) is 8.89. The zero-order chi connectivity index (χ0) is 16.5. The van der Waals surface area contributed by atoms with Gasteiger partial charge in [0.05, 0.1) is 12.6 Å². The lowest BCUT2D eigenvalue weighted by Gasteiger charge is -2.44. The topological polar surface area (TPSA) is 89.2 Å². The number of hydrogen-bond donors (Lipinski definition) is 1. The van der Waals surface area contributed by atoms with Crippen molar-refractivity contribution < 1.29 is 28.5 Å². The number of hydrogen-bond acceptors (Lipinski definition) is 7. The highest BCUT2D eigenvalue weighted by molar-refractivity contribution is 5.66. The molecule has 1 aliphatic rings. The first kappa shape index (κ1) is 19.3. The van der Waals surface area contributed by atoms with Gasteiger partial charge in [0.2, 0.25) is 0 Å². The van der Waals surface area contributed by atoms with E-state index in [0.717, 1.165) is 6.42 Å². The Morgan fingerprint density at radius 3 is 2.41 bits per heavy atom. The van der Waals surface area contributed by atoms with E-state index in [1.165, 1.54) is 6.92 Å². The van der Waals surface area contributed by atoms with Crippen LogP contribution in [0.25, 0.3) is 0 Å². The van der Waals surface area contributed by atoms with Gasteiger partial charge < -0.3 is 29.4 Å². The lowest BCUT2D eigenvalue weighted by molar-refractivity contribution is -0.277. The second-order valence-corrected chi connectivity index (χ2v) is 5.14. The van der Waals surface area contributed by atoms with Crippen molar-refractivity contribution in [3.05, 3.63) is 0 Å². The maximum atomic E-state index is 11.4. The van der Waals surface area contributed by atoms with Crippen LogP contribution in [0.15, 0.2) is 0 Å². The molecule has 7 nitrogen and oxygen atoms in total. The SMILES string of the molecule is CCCOC1O[C@H](COCC)[C@@H](OC(C)=O)[C@H](OCC)[C@H]1N. The lowest BCUT2D eigenvalue weighted by Crippen LogP contribution is -2.64. The van der Waals surface area contributed by atoms with Crippen LogP contribution in [0.3, 0.4) is 0 Å². The molecule has 0 spiro atoms. The van der Waals surface area contributed by atoms with E-state index in [-0.39, 0.29) is 6.61 Å². The molecule has 1 saturated heterocycles. The second kappa shape index (κ2) is 10.1. The standard InChI is InChI=1S/C15H29NO6/c1-5-8-20-15-12(16)14(19-7-3)13(21-10(4)17)11(22-15)9-18-6-2/h11-15H,5-9,16H2,1-4H3/t11-,12-,13-,14-,15?/m1/s1. The molecule has 0 aromatic heterocycles. The summed E-state index contributed by atoms with van der Waals surface area (Å²) in [4.78, 5) is 11.4. The highest BCUT2D eigenvalue weighted by Gasteiger charge is 2.47. The van der Waals surface area contributed by atoms with Crippen LogP contribution >= 0.6 is 0 Å². The van der Waals surface area contributed by atoms with E-state index in [4.69, 9.17) is 29.4 Å². The largest absolute Gasteiger partial charge is 0.457 e. The Morgan fingerprint density at radius 2 is 1.86 bits per heavy atom. The van der Waals surface area contributed by atoms with Crippen molar-refractivity contribution in [1.82, 2.24) is 0 Å². The van der Waals surface area contributed by atoms with Crippen LogP contribution in [0.1, 0.15) is 34.1 Å². The van der Waals surface area contributed by atoms with Crippen LogP contribution in [0, 0.1) is 0 Å². The van der Waals surface area contributed by atoms with E-state index in [1.807, 2.05) is 20.8 Å². The summed E-state index contributed by atoms with van der Waals surface area (Å²) in [5, 5.41) is 0. The monoisotopic (exact) mass is 319 g/mol. The van der Waals surface area contributed by atoms with Gasteiger partial charge in [0.15, 0.2) is 12.4 Å². The summed E-state index contributed by atoms with van der Waals surface area (Å²) < 4.78 is 28.1. The van der Waals surface area contributed by atoms with Crippen LogP contribution in [0.5, 0.6) is 0 Å². The molecule has 0 bridgehead atoms. The van der Waals surface area contributed by atoms with Crippen LogP contribution in [0.2, 0.25) is 0 Å². The molecule has 1 heterocycles. The van der Waals surface area contributed by atoms with Crippen molar-refractivity contribution in [3.63, 3.8) is 0 Å². The minimum Gasteiger partial charge on any atom is -0.457 e. The normalized spacial score (nSPS) is 32.0. The van der Waals surface area contributed by atoms with Crippen molar-refractivity contribution in [2.75, 3.05) is 26.4 Å². The van der Waals surface area contributed by atoms with Gasteiger partial charge in [-0.3, -0.25) is 4.79 Å². The van der Waals surface area contributed by atoms with Crippen LogP contribution in [0.4, 0.5) is 0 Å². The van der Waals surface area contributed by atoms with E-state index >= 15 is 0 Å². The van der Waals surface area contributed by atoms with Gasteiger partial charge in [0.25, 0.3) is 0 Å². The van der Waals surface area contributed by atoms with Gasteiger partial charge in [-0.15, -0.1) is 0 Å². The molecule has 0 aromatic rings. The summed E-state index contributed by atoms with van der Waals surface area (Å²) in [5.74, 6) is -0.403. The molecule has 0 aliphatic carbocycles. The minimum absolute atomic E-state index is 0.288. The second-order valence-electron chi connectivity index (χ2n) is 5.14. The molecule has 0 aromatic carbocycles. The first-order valence-corrected chi connectivity index (χ1v) is 7.94. The molecule has 7 heteroatoms. The number of esters is 1. The molecule has 0 amide bonds. The summed E-state index contributed by atoms with van der Waals surface area (Å²) in [6, 6.07) is -0.534. The van der Waals surface area contributed by atoms with Crippen LogP contribution in [-0.2, 0) is 28.5 Å². The van der Waals surface area contributed by atoms with E-state index in [0.29, 0.717) is 19.8 Å². The van der Waals surface area contributed by atoms with Gasteiger partial charge in [-0.2, -0.15) is 0 Å². The van der Waals surface area contributed by atoms with Crippen molar-refractivity contribution in [3.8, 4) is 0 Å². The lowest BCUT2D eigenvalue weighted by atomic mass is 9.97. The predicted molar refractivity (Wildman–Crippen MR) is 80.3 cm³/mol. The van der Waals surface area contributed by atoms with Crippen molar-refractivity contribution in [1.29, 1.82) is 0 Å². The highest BCUT2D eigenvalue weighted by Crippen LogP contribution is 2.26. The molecular weight excluding hydrogens is 290 g/mol. The van der Waals surface area contributed by atoms with Gasteiger partial charge in [-0.25, -0.2) is 0 Å². The highest BCUT2D eigenvalue weighted by atomic mass is 16.7. The van der Waals surface area contributed by atoms with Crippen molar-refractivity contribution in [2.24, 2.45) is 5.73 Å². The number of rotatable bonds is 9. The third kappa shape index (κ3) is 5.48. The maximum absolute atomic E-state index is 11.4. The van der Waals surface area contributed by atoms with Gasteiger partial charge in [-0.1, -0.05) is 6.92 Å². The van der Waals surface area contributed by atoms with E-state index in [9.17, 15) is 4.79 Å². The molecule has 1 fully saturated rings. The molecule has 2 N–H and O–H groups in total. The third-order valence-electron chi connectivity index (χ3n) is 3.33. The molecule has 1 aliphatic heterocycles. The molecule has 22 heavy (non-hydrogen) atoms. The molecular formula is C15H29NO6. The van der Waals surface area contributed by atoms with Gasteiger partial charge in [0, 0.05) is 26.7 Å². The quantitative estimate of drug-likeness (QED) is 0.630. The Bertz CT molecular complexity index is 327. The molecule has 0 radical (unpaired) electrons. The Hall–Kier alpha value is -0.730. The van der Waals surface area contributed by atoms with E-state index < -0.39 is 36.6 Å². The van der Waals surface area contributed by atoms with Gasteiger partial charge >= 0.3 is 5.97 Å². The smallest absolute Gasteiger partial charge is 0.303 e. The molecule has 5 atom stereocenters. The Balaban J connectivity index is 2.89. The first-order chi connectivity index (χ1) is 10.5. The average Bonchev–Trinajstić information content (AvgIpc) is 2.48. The summed E-state index contributed by atoms with van der Waals surface area (Å²) in [6.07, 6.45) is -1.32. The van der Waals surface area contributed by atoms with Crippen molar-refractivity contribution in [2.45, 2.75) is 64.8 Å². The van der Waals surface area contributed by atoms with E-state index in [2.05, 4.69) is 0 Å². The number of nitrogens with two attached hydrogens (primary N) is 1. The fourth-order valence-electron chi connectivity index (χ4n) is 2.41. The minimum atomic E-state index is -0.611. The zero-order valence-electron chi connectivity index (χ0n) is 13.9. The number of ether oxygens (including phenoxy) is 5. The molecule has 1 unspecified atom stereocenters. The van der Waals surface area contributed by atoms with Crippen LogP contribution in [-0.4, -0.2) is 63.0 Å². The summed E-state index contributed by atoms with van der Waals surface area (Å²) in [7, 11) is 0. The summed E-state index contributed by atoms with van der Waals surface area (Å²) in [5.41, 5.74) is 6.20. The number of carbonyl (C=O) groups excluding carboxylic acids is 1. The zero-order valence-corrected chi connectivity index (χ0v) is 13.9. The Labute approximate surface area is 132 Å². The molecule has 1 rings (SSSR count). The average molecular weight is 319 g/mol. The summed E-state index contributed by atoms with van der Waals surface area (Å²) >= 11 is 0. The number of carbonyl (C=O) groups is 1. The molecule has 130 valence electrons. The maximum Gasteiger partial charge on any atom is 0.303 e. The molecule has 0 saturated carbocycles. The van der Waals surface area contributed by atoms with Crippen molar-refractivity contribution >= 4 is 5.97 Å². The Morgan fingerprint density at radius 1 is 1.14 bits per heavy atom. The predicted octanol–water partition coefficient (Wildman–Crippen LogP) is 0.839. The third-order valence-corrected chi connectivity index (χ3v) is 3.33.